The molecular weight excluding hydrogens is 288 g/mol. The predicted octanol–water partition coefficient (Wildman–Crippen LogP) is 4.84. The minimum absolute atomic E-state index is 0.285. The largest absolute Gasteiger partial charge is 0.269 e. The van der Waals surface area contributed by atoms with E-state index in [1.165, 1.54) is 5.69 Å². The molecule has 1 heterocycles. The minimum atomic E-state index is 0.285. The molecule has 1 aromatic heterocycles. The molecule has 0 saturated heterocycles. The summed E-state index contributed by atoms with van der Waals surface area (Å²) in [6, 6.07) is 2.73. The van der Waals surface area contributed by atoms with Crippen molar-refractivity contribution < 1.29 is 0 Å². The zero-order valence-corrected chi connectivity index (χ0v) is 14.0. The molecule has 1 aromatic rings. The lowest BCUT2D eigenvalue weighted by atomic mass is 9.77. The van der Waals surface area contributed by atoms with E-state index >= 15 is 0 Å². The molecule has 0 aromatic carbocycles. The summed E-state index contributed by atoms with van der Waals surface area (Å²) in [4.78, 5) is 0. The Labute approximate surface area is 120 Å². The normalized spacial score (nSPS) is 15.3. The third kappa shape index (κ3) is 3.59. The van der Waals surface area contributed by atoms with Gasteiger partial charge >= 0.3 is 0 Å². The van der Waals surface area contributed by atoms with E-state index in [-0.39, 0.29) is 5.41 Å². The van der Waals surface area contributed by atoms with Crippen molar-refractivity contribution in [2.24, 2.45) is 11.3 Å². The SMILES string of the molecule is CCC(CC)n1ccc(CC(C)(CBr)C(C)C)n1. The molecule has 104 valence electrons. The Bertz CT molecular complexity index is 355. The smallest absolute Gasteiger partial charge is 0.0630 e. The molecule has 1 rings (SSSR count). The lowest BCUT2D eigenvalue weighted by molar-refractivity contribution is 0.254. The molecule has 1 atom stereocenters. The second kappa shape index (κ2) is 6.74. The van der Waals surface area contributed by atoms with Crippen LogP contribution < -0.4 is 0 Å². The average molecular weight is 315 g/mol. The highest BCUT2D eigenvalue weighted by atomic mass is 79.9. The molecule has 0 N–H and O–H groups in total. The minimum Gasteiger partial charge on any atom is -0.269 e. The van der Waals surface area contributed by atoms with Crippen LogP contribution in [0.25, 0.3) is 0 Å². The Morgan fingerprint density at radius 2 is 1.94 bits per heavy atom. The van der Waals surface area contributed by atoms with Gasteiger partial charge in [-0.3, -0.25) is 4.68 Å². The summed E-state index contributed by atoms with van der Waals surface area (Å²) < 4.78 is 2.14. The third-order valence-electron chi connectivity index (χ3n) is 4.26. The molecule has 0 amide bonds. The average Bonchev–Trinajstić information content (AvgIpc) is 2.78. The van der Waals surface area contributed by atoms with Gasteiger partial charge in [-0.1, -0.05) is 50.5 Å². The number of rotatable bonds is 7. The Kier molecular flexibility index (Phi) is 5.90. The summed E-state index contributed by atoms with van der Waals surface area (Å²) in [7, 11) is 0. The molecule has 0 aliphatic carbocycles. The molecule has 0 radical (unpaired) electrons. The first-order valence-corrected chi connectivity index (χ1v) is 8.19. The molecular formula is C15H27BrN2. The van der Waals surface area contributed by atoms with Gasteiger partial charge < -0.3 is 0 Å². The maximum absolute atomic E-state index is 4.76. The van der Waals surface area contributed by atoms with E-state index in [0.717, 1.165) is 24.6 Å². The Balaban J connectivity index is 2.80. The fraction of sp³-hybridized carbons (Fsp3) is 0.800. The first-order chi connectivity index (χ1) is 8.46. The van der Waals surface area contributed by atoms with Crippen LogP contribution in [-0.4, -0.2) is 15.1 Å². The van der Waals surface area contributed by atoms with E-state index in [4.69, 9.17) is 5.10 Å². The van der Waals surface area contributed by atoms with Crippen molar-refractivity contribution in [2.75, 3.05) is 5.33 Å². The second-order valence-electron chi connectivity index (χ2n) is 5.88. The topological polar surface area (TPSA) is 17.8 Å². The van der Waals surface area contributed by atoms with Gasteiger partial charge in [-0.05, 0) is 36.7 Å². The number of nitrogens with zero attached hydrogens (tertiary/aromatic N) is 2. The summed E-state index contributed by atoms with van der Waals surface area (Å²) in [6.07, 6.45) is 5.49. The highest BCUT2D eigenvalue weighted by Crippen LogP contribution is 2.33. The van der Waals surface area contributed by atoms with Crippen LogP contribution in [0.4, 0.5) is 0 Å². The molecule has 18 heavy (non-hydrogen) atoms. The molecule has 0 saturated carbocycles. The van der Waals surface area contributed by atoms with Crippen molar-refractivity contribution in [3.63, 3.8) is 0 Å². The van der Waals surface area contributed by atoms with Crippen molar-refractivity contribution in [2.45, 2.75) is 59.9 Å². The van der Waals surface area contributed by atoms with Crippen molar-refractivity contribution in [3.05, 3.63) is 18.0 Å². The molecule has 0 fully saturated rings. The quantitative estimate of drug-likeness (QED) is 0.658. The zero-order chi connectivity index (χ0) is 13.8. The van der Waals surface area contributed by atoms with Crippen molar-refractivity contribution in [1.82, 2.24) is 9.78 Å². The van der Waals surface area contributed by atoms with E-state index < -0.39 is 0 Å². The molecule has 0 aliphatic rings. The van der Waals surface area contributed by atoms with Crippen molar-refractivity contribution in [1.29, 1.82) is 0 Å². The van der Waals surface area contributed by atoms with Crippen LogP contribution >= 0.6 is 15.9 Å². The van der Waals surface area contributed by atoms with E-state index in [1.54, 1.807) is 0 Å². The van der Waals surface area contributed by atoms with Gasteiger partial charge in [0.15, 0.2) is 0 Å². The fourth-order valence-electron chi connectivity index (χ4n) is 2.16. The predicted molar refractivity (Wildman–Crippen MR) is 82.3 cm³/mol. The summed E-state index contributed by atoms with van der Waals surface area (Å²) in [6.45, 7) is 11.4. The van der Waals surface area contributed by atoms with Crippen LogP contribution in [0.15, 0.2) is 12.3 Å². The van der Waals surface area contributed by atoms with Crippen LogP contribution in [0.2, 0.25) is 0 Å². The highest BCUT2D eigenvalue weighted by Gasteiger charge is 2.28. The molecule has 2 nitrogen and oxygen atoms in total. The third-order valence-corrected chi connectivity index (χ3v) is 5.55. The lowest BCUT2D eigenvalue weighted by Crippen LogP contribution is -2.28. The molecule has 0 spiro atoms. The Morgan fingerprint density at radius 1 is 1.33 bits per heavy atom. The first kappa shape index (κ1) is 15.7. The summed E-state index contributed by atoms with van der Waals surface area (Å²) in [5.41, 5.74) is 1.50. The number of aromatic nitrogens is 2. The lowest BCUT2D eigenvalue weighted by Gasteiger charge is -2.31. The molecule has 0 bridgehead atoms. The van der Waals surface area contributed by atoms with Crippen molar-refractivity contribution in [3.8, 4) is 0 Å². The number of alkyl halides is 1. The van der Waals surface area contributed by atoms with Gasteiger partial charge in [0, 0.05) is 11.5 Å². The maximum Gasteiger partial charge on any atom is 0.0630 e. The van der Waals surface area contributed by atoms with Crippen LogP contribution in [0.5, 0.6) is 0 Å². The number of hydrogen-bond donors (Lipinski definition) is 0. The van der Waals surface area contributed by atoms with Gasteiger partial charge in [0.05, 0.1) is 11.7 Å². The van der Waals surface area contributed by atoms with Gasteiger partial charge in [0.25, 0.3) is 0 Å². The first-order valence-electron chi connectivity index (χ1n) is 7.06. The highest BCUT2D eigenvalue weighted by molar-refractivity contribution is 9.09. The van der Waals surface area contributed by atoms with Crippen LogP contribution in [-0.2, 0) is 6.42 Å². The van der Waals surface area contributed by atoms with Gasteiger partial charge in [-0.25, -0.2) is 0 Å². The van der Waals surface area contributed by atoms with Crippen LogP contribution in [0.3, 0.4) is 0 Å². The van der Waals surface area contributed by atoms with Gasteiger partial charge in [0.1, 0.15) is 0 Å². The second-order valence-corrected chi connectivity index (χ2v) is 6.44. The van der Waals surface area contributed by atoms with Gasteiger partial charge in [-0.2, -0.15) is 5.10 Å². The van der Waals surface area contributed by atoms with E-state index in [0.29, 0.717) is 12.0 Å². The fourth-order valence-corrected chi connectivity index (χ4v) is 3.00. The number of hydrogen-bond acceptors (Lipinski definition) is 1. The maximum atomic E-state index is 4.76. The molecule has 3 heteroatoms. The zero-order valence-electron chi connectivity index (χ0n) is 12.4. The molecule has 0 aliphatic heterocycles. The standard InChI is InChI=1S/C15H27BrN2/c1-6-14(7-2)18-9-8-13(17-18)10-15(5,11-16)12(3)4/h8-9,12,14H,6-7,10-11H2,1-5H3. The van der Waals surface area contributed by atoms with Gasteiger partial charge in [0.2, 0.25) is 0 Å². The van der Waals surface area contributed by atoms with Crippen LogP contribution in [0.1, 0.15) is 59.2 Å². The van der Waals surface area contributed by atoms with Crippen molar-refractivity contribution >= 4 is 15.9 Å². The van der Waals surface area contributed by atoms with E-state index in [1.807, 2.05) is 0 Å². The summed E-state index contributed by atoms with van der Waals surface area (Å²) >= 11 is 3.66. The summed E-state index contributed by atoms with van der Waals surface area (Å²) in [5.74, 6) is 0.648. The summed E-state index contributed by atoms with van der Waals surface area (Å²) in [5, 5.41) is 5.79. The van der Waals surface area contributed by atoms with Crippen LogP contribution in [0, 0.1) is 11.3 Å². The Hall–Kier alpha value is -0.310. The number of halogens is 1. The van der Waals surface area contributed by atoms with E-state index in [9.17, 15) is 0 Å². The van der Waals surface area contributed by atoms with Gasteiger partial charge in [-0.15, -0.1) is 0 Å². The van der Waals surface area contributed by atoms with E-state index in [2.05, 4.69) is 67.5 Å². The Morgan fingerprint density at radius 3 is 2.39 bits per heavy atom. The molecule has 1 unspecified atom stereocenters. The monoisotopic (exact) mass is 314 g/mol.